The van der Waals surface area contributed by atoms with Crippen LogP contribution in [0.1, 0.15) is 26.3 Å². The fourth-order valence-corrected chi connectivity index (χ4v) is 2.48. The molecule has 1 amide bonds. The summed E-state index contributed by atoms with van der Waals surface area (Å²) in [7, 11) is 0. The molecule has 6 heteroatoms. The van der Waals surface area contributed by atoms with Crippen LogP contribution in [-0.4, -0.2) is 31.1 Å². The summed E-state index contributed by atoms with van der Waals surface area (Å²) >= 11 is 5.97. The van der Waals surface area contributed by atoms with Crippen LogP contribution in [-0.2, 0) is 20.7 Å². The third kappa shape index (κ3) is 4.86. The molecule has 0 spiro atoms. The van der Waals surface area contributed by atoms with E-state index in [1.165, 1.54) is 0 Å². The predicted molar refractivity (Wildman–Crippen MR) is 87.5 cm³/mol. The van der Waals surface area contributed by atoms with Crippen molar-refractivity contribution < 1.29 is 19.1 Å². The van der Waals surface area contributed by atoms with E-state index in [1.807, 2.05) is 13.8 Å². The summed E-state index contributed by atoms with van der Waals surface area (Å²) in [5.74, 6) is -0.0626. The van der Waals surface area contributed by atoms with Gasteiger partial charge in [0.05, 0.1) is 5.92 Å². The Balaban J connectivity index is 1.90. The molecular formula is C17H22ClNO4. The Morgan fingerprint density at radius 1 is 1.39 bits per heavy atom. The Morgan fingerprint density at radius 2 is 2.13 bits per heavy atom. The Kier molecular flexibility index (Phi) is 5.88. The van der Waals surface area contributed by atoms with Crippen molar-refractivity contribution in [3.8, 4) is 5.75 Å². The Hall–Kier alpha value is -1.75. The van der Waals surface area contributed by atoms with Crippen LogP contribution in [0.2, 0.25) is 5.02 Å². The first-order valence-corrected chi connectivity index (χ1v) is 8.14. The van der Waals surface area contributed by atoms with Crippen molar-refractivity contribution in [3.63, 3.8) is 0 Å². The number of fused-ring (bicyclic) bond motifs is 1. The Morgan fingerprint density at radius 3 is 2.83 bits per heavy atom. The molecule has 1 heterocycles. The molecule has 1 aliphatic rings. The van der Waals surface area contributed by atoms with Gasteiger partial charge in [-0.05, 0) is 43.0 Å². The number of carbonyl (C=O) groups is 2. The van der Waals surface area contributed by atoms with Crippen LogP contribution in [0, 0.1) is 11.8 Å². The van der Waals surface area contributed by atoms with Crippen molar-refractivity contribution in [1.82, 2.24) is 5.32 Å². The van der Waals surface area contributed by atoms with E-state index < -0.39 is 18.0 Å². The quantitative estimate of drug-likeness (QED) is 0.837. The lowest BCUT2D eigenvalue weighted by atomic mass is 9.97. The minimum atomic E-state index is -0.818. The summed E-state index contributed by atoms with van der Waals surface area (Å²) in [6, 6.07) is 5.33. The molecule has 1 N–H and O–H groups in total. The molecule has 5 nitrogen and oxygen atoms in total. The van der Waals surface area contributed by atoms with E-state index in [4.69, 9.17) is 21.1 Å². The molecule has 0 aliphatic carbocycles. The highest BCUT2D eigenvalue weighted by Gasteiger charge is 2.29. The molecule has 0 unspecified atom stereocenters. The van der Waals surface area contributed by atoms with E-state index in [9.17, 15) is 9.59 Å². The molecule has 1 aromatic carbocycles. The zero-order valence-corrected chi connectivity index (χ0v) is 14.4. The second kappa shape index (κ2) is 7.68. The van der Waals surface area contributed by atoms with E-state index in [1.54, 1.807) is 25.1 Å². The smallest absolute Gasteiger partial charge is 0.313 e. The number of nitrogens with one attached hydrogen (secondary N) is 1. The first-order valence-electron chi connectivity index (χ1n) is 7.76. The van der Waals surface area contributed by atoms with Crippen molar-refractivity contribution in [1.29, 1.82) is 0 Å². The zero-order valence-electron chi connectivity index (χ0n) is 13.6. The lowest BCUT2D eigenvalue weighted by Crippen LogP contribution is -2.40. The van der Waals surface area contributed by atoms with Crippen LogP contribution in [0.25, 0.3) is 0 Å². The van der Waals surface area contributed by atoms with Gasteiger partial charge in [-0.1, -0.05) is 25.4 Å². The molecule has 0 radical (unpaired) electrons. The minimum absolute atomic E-state index is 0.244. The van der Waals surface area contributed by atoms with Gasteiger partial charge < -0.3 is 14.8 Å². The van der Waals surface area contributed by atoms with E-state index in [-0.39, 0.29) is 12.5 Å². The highest BCUT2D eigenvalue weighted by molar-refractivity contribution is 6.30. The lowest BCUT2D eigenvalue weighted by Gasteiger charge is -2.25. The van der Waals surface area contributed by atoms with Crippen LogP contribution >= 0.6 is 11.6 Å². The van der Waals surface area contributed by atoms with Gasteiger partial charge in [0, 0.05) is 11.6 Å². The maximum absolute atomic E-state index is 12.2. The summed E-state index contributed by atoms with van der Waals surface area (Å²) in [5, 5.41) is 3.35. The number of benzene rings is 1. The summed E-state index contributed by atoms with van der Waals surface area (Å²) in [5.41, 5.74) is 0.877. The topological polar surface area (TPSA) is 64.6 Å². The molecule has 0 aromatic heterocycles. The van der Waals surface area contributed by atoms with Gasteiger partial charge in [0.2, 0.25) is 0 Å². The fourth-order valence-electron chi connectivity index (χ4n) is 2.29. The number of esters is 1. The van der Waals surface area contributed by atoms with Crippen molar-refractivity contribution in [3.05, 3.63) is 28.8 Å². The normalized spacial score (nSPS) is 17.9. The zero-order chi connectivity index (χ0) is 17.0. The van der Waals surface area contributed by atoms with E-state index in [0.717, 1.165) is 11.3 Å². The molecule has 126 valence electrons. The standard InChI is InChI=1S/C17H22ClNO4/c1-10(2)8-19-16(20)11(3)23-17(21)13-6-12-7-14(18)4-5-15(12)22-9-13/h4-5,7,10-11,13H,6,8-9H2,1-3H3,(H,19,20)/t11-,13-/m1/s1. The number of halogens is 1. The molecule has 1 aromatic rings. The molecule has 23 heavy (non-hydrogen) atoms. The average Bonchev–Trinajstić information content (AvgIpc) is 2.51. The number of amides is 1. The maximum Gasteiger partial charge on any atom is 0.313 e. The Bertz CT molecular complexity index is 588. The number of hydrogen-bond donors (Lipinski definition) is 1. The molecule has 2 atom stereocenters. The monoisotopic (exact) mass is 339 g/mol. The highest BCUT2D eigenvalue weighted by atomic mass is 35.5. The van der Waals surface area contributed by atoms with Crippen LogP contribution < -0.4 is 10.1 Å². The van der Waals surface area contributed by atoms with Crippen molar-refractivity contribution in [2.75, 3.05) is 13.2 Å². The van der Waals surface area contributed by atoms with Crippen LogP contribution in [0.4, 0.5) is 0 Å². The van der Waals surface area contributed by atoms with Crippen molar-refractivity contribution in [2.45, 2.75) is 33.3 Å². The SMILES string of the molecule is CC(C)CNC(=O)[C@@H](C)OC(=O)[C@H]1COc2ccc(Cl)cc2C1. The van der Waals surface area contributed by atoms with E-state index in [2.05, 4.69) is 5.32 Å². The number of carbonyl (C=O) groups excluding carboxylic acids is 2. The molecule has 0 bridgehead atoms. The van der Waals surface area contributed by atoms with Crippen LogP contribution in [0.15, 0.2) is 18.2 Å². The predicted octanol–water partition coefficient (Wildman–Crippen LogP) is 2.60. The first-order chi connectivity index (χ1) is 10.9. The number of rotatable bonds is 5. The average molecular weight is 340 g/mol. The second-order valence-electron chi connectivity index (χ2n) is 6.18. The van der Waals surface area contributed by atoms with Crippen LogP contribution in [0.3, 0.4) is 0 Å². The molecule has 0 fully saturated rings. The summed E-state index contributed by atoms with van der Waals surface area (Å²) < 4.78 is 10.8. The van der Waals surface area contributed by atoms with Gasteiger partial charge in [-0.2, -0.15) is 0 Å². The van der Waals surface area contributed by atoms with Crippen molar-refractivity contribution >= 4 is 23.5 Å². The maximum atomic E-state index is 12.2. The molecule has 0 saturated heterocycles. The largest absolute Gasteiger partial charge is 0.492 e. The summed E-state index contributed by atoms with van der Waals surface area (Å²) in [6.45, 7) is 6.37. The van der Waals surface area contributed by atoms with Gasteiger partial charge in [-0.15, -0.1) is 0 Å². The minimum Gasteiger partial charge on any atom is -0.492 e. The van der Waals surface area contributed by atoms with Crippen LogP contribution in [0.5, 0.6) is 5.75 Å². The number of ether oxygens (including phenoxy) is 2. The summed E-state index contributed by atoms with van der Waals surface area (Å²) in [6.07, 6.45) is -0.322. The fraction of sp³-hybridized carbons (Fsp3) is 0.529. The third-order valence-corrected chi connectivity index (χ3v) is 3.84. The molecule has 0 saturated carbocycles. The Labute approximate surface area is 141 Å². The highest BCUT2D eigenvalue weighted by Crippen LogP contribution is 2.30. The van der Waals surface area contributed by atoms with Gasteiger partial charge >= 0.3 is 5.97 Å². The molecule has 1 aliphatic heterocycles. The van der Waals surface area contributed by atoms with Gasteiger partial charge in [-0.3, -0.25) is 9.59 Å². The number of hydrogen-bond acceptors (Lipinski definition) is 4. The van der Waals surface area contributed by atoms with Gasteiger partial charge in [0.1, 0.15) is 12.4 Å². The van der Waals surface area contributed by atoms with Gasteiger partial charge in [0.25, 0.3) is 5.91 Å². The van der Waals surface area contributed by atoms with E-state index >= 15 is 0 Å². The summed E-state index contributed by atoms with van der Waals surface area (Å²) in [4.78, 5) is 24.1. The first kappa shape index (κ1) is 17.6. The van der Waals surface area contributed by atoms with Crippen molar-refractivity contribution in [2.24, 2.45) is 11.8 Å². The second-order valence-corrected chi connectivity index (χ2v) is 6.62. The van der Waals surface area contributed by atoms with E-state index in [0.29, 0.717) is 23.9 Å². The lowest BCUT2D eigenvalue weighted by molar-refractivity contribution is -0.160. The third-order valence-electron chi connectivity index (χ3n) is 3.61. The van der Waals surface area contributed by atoms with Gasteiger partial charge in [-0.25, -0.2) is 0 Å². The molecule has 2 rings (SSSR count). The van der Waals surface area contributed by atoms with Gasteiger partial charge in [0.15, 0.2) is 6.10 Å². The molecular weight excluding hydrogens is 318 g/mol.